The number of carbonyl (C=O) groups excluding carboxylic acids is 2. The van der Waals surface area contributed by atoms with E-state index in [0.29, 0.717) is 11.4 Å². The molecule has 0 bridgehead atoms. The number of hydrogen-bond donors (Lipinski definition) is 2. The fourth-order valence-electron chi connectivity index (χ4n) is 3.72. The van der Waals surface area contributed by atoms with E-state index in [1.165, 1.54) is 45.8 Å². The van der Waals surface area contributed by atoms with Crippen molar-refractivity contribution in [2.24, 2.45) is 12.2 Å². The van der Waals surface area contributed by atoms with E-state index in [2.05, 4.69) is 15.1 Å². The number of thiocarbonyl (C=S) groups is 1. The molecule has 1 unspecified atom stereocenters. The smallest absolute Gasteiger partial charge is 0.256 e. The van der Waals surface area contributed by atoms with Crippen LogP contribution in [0.1, 0.15) is 17.7 Å². The second-order valence-corrected chi connectivity index (χ2v) is 10.1. The van der Waals surface area contributed by atoms with E-state index in [1.807, 2.05) is 19.1 Å². The molecule has 3 N–H and O–H groups in total. The molecule has 2 aromatic carbocycles. The fraction of sp³-hybridized carbons (Fsp3) is 0.227. The normalized spacial score (nSPS) is 16.0. The van der Waals surface area contributed by atoms with E-state index in [-0.39, 0.29) is 28.7 Å². The average molecular weight is 531 g/mol. The number of anilines is 2. The van der Waals surface area contributed by atoms with E-state index in [4.69, 9.17) is 17.4 Å². The van der Waals surface area contributed by atoms with Gasteiger partial charge in [0, 0.05) is 5.69 Å². The summed E-state index contributed by atoms with van der Waals surface area (Å²) in [5, 5.41) is 23.6. The van der Waals surface area contributed by atoms with Crippen molar-refractivity contribution in [1.29, 1.82) is 0 Å². The lowest BCUT2D eigenvalue weighted by atomic mass is 10.1. The lowest BCUT2D eigenvalue weighted by Crippen LogP contribution is -2.42. The largest absolute Gasteiger partial charge is 0.539 e. The van der Waals surface area contributed by atoms with Crippen LogP contribution in [-0.4, -0.2) is 41.6 Å². The number of benzene rings is 2. The first-order chi connectivity index (χ1) is 17.0. The van der Waals surface area contributed by atoms with Crippen LogP contribution in [0.15, 0.2) is 57.9 Å². The molecule has 12 nitrogen and oxygen atoms in total. The molecule has 2 amide bonds. The van der Waals surface area contributed by atoms with Crippen molar-refractivity contribution in [3.8, 4) is 5.95 Å². The lowest BCUT2D eigenvalue weighted by Gasteiger charge is -2.22. The minimum Gasteiger partial charge on any atom is -0.539 e. The Morgan fingerprint density at radius 1 is 1.22 bits per heavy atom. The second kappa shape index (κ2) is 9.64. The van der Waals surface area contributed by atoms with Crippen LogP contribution in [0.5, 0.6) is 5.95 Å². The number of primary sulfonamides is 1. The van der Waals surface area contributed by atoms with Crippen molar-refractivity contribution in [2.75, 3.05) is 10.2 Å². The van der Waals surface area contributed by atoms with Gasteiger partial charge < -0.3 is 19.8 Å². The van der Waals surface area contributed by atoms with Gasteiger partial charge in [-0.3, -0.25) is 14.5 Å². The summed E-state index contributed by atoms with van der Waals surface area (Å²) in [6, 6.07) is 11.4. The van der Waals surface area contributed by atoms with E-state index >= 15 is 0 Å². The summed E-state index contributed by atoms with van der Waals surface area (Å²) < 4.78 is 28.8. The molecule has 0 aliphatic carbocycles. The van der Waals surface area contributed by atoms with Gasteiger partial charge in [-0.15, -0.1) is 0 Å². The Morgan fingerprint density at radius 3 is 2.42 bits per heavy atom. The maximum absolute atomic E-state index is 13.5. The Labute approximate surface area is 211 Å². The summed E-state index contributed by atoms with van der Waals surface area (Å²) in [7, 11) is -2.36. The van der Waals surface area contributed by atoms with Crippen LogP contribution in [0, 0.1) is 6.92 Å². The predicted octanol–water partition coefficient (Wildman–Crippen LogP) is 0.0596. The highest BCUT2D eigenvalue weighted by Gasteiger charge is 2.45. The number of aromatic nitrogens is 2. The number of amides is 2. The summed E-state index contributed by atoms with van der Waals surface area (Å²) in [5.74, 6) is -1.64. The second-order valence-electron chi connectivity index (χ2n) is 8.19. The minimum atomic E-state index is -3.88. The first-order valence-electron chi connectivity index (χ1n) is 10.6. The Kier molecular flexibility index (Phi) is 6.75. The van der Waals surface area contributed by atoms with Crippen molar-refractivity contribution in [3.05, 3.63) is 59.8 Å². The highest BCUT2D eigenvalue weighted by atomic mass is 32.2. The molecule has 1 aliphatic heterocycles. The maximum atomic E-state index is 13.5. The van der Waals surface area contributed by atoms with Gasteiger partial charge in [0.2, 0.25) is 15.9 Å². The molecule has 1 atom stereocenters. The van der Waals surface area contributed by atoms with Gasteiger partial charge in [0.15, 0.2) is 18.1 Å². The molecule has 3 aromatic rings. The molecule has 1 saturated heterocycles. The fourth-order valence-corrected chi connectivity index (χ4v) is 4.62. The molecule has 0 radical (unpaired) electrons. The van der Waals surface area contributed by atoms with Gasteiger partial charge in [-0.25, -0.2) is 13.6 Å². The van der Waals surface area contributed by atoms with Gasteiger partial charge in [0.1, 0.15) is 12.6 Å². The number of nitrogens with one attached hydrogen (secondary N) is 1. The van der Waals surface area contributed by atoms with Crippen molar-refractivity contribution < 1.29 is 32.3 Å². The van der Waals surface area contributed by atoms with Crippen molar-refractivity contribution >= 4 is 50.5 Å². The summed E-state index contributed by atoms with van der Waals surface area (Å²) in [5.41, 5.74) is 1.98. The molecule has 36 heavy (non-hydrogen) atoms. The predicted molar refractivity (Wildman–Crippen MR) is 129 cm³/mol. The van der Waals surface area contributed by atoms with Gasteiger partial charge in [0.05, 0.1) is 22.3 Å². The van der Waals surface area contributed by atoms with Crippen LogP contribution < -0.4 is 25.1 Å². The summed E-state index contributed by atoms with van der Waals surface area (Å²) in [6.45, 7) is 1.80. The lowest BCUT2D eigenvalue weighted by molar-refractivity contribution is -0.746. The standard InChI is InChI=1S/C22H22N6O6S2/c1-13-3-7-15(8-4-13)28-20(30)17(27(22(28)35)12-18-21(31)34-25-26(18)2)11-19(29)24-14-5-9-16(10-6-14)36(23,32)33/h3-10,17H,11-12H2,1-2H3,(H3-,23,24,25,29,31,32,33). The highest BCUT2D eigenvalue weighted by Crippen LogP contribution is 2.29. The van der Waals surface area contributed by atoms with E-state index < -0.39 is 33.8 Å². The zero-order chi connectivity index (χ0) is 26.2. The first kappa shape index (κ1) is 25.2. The molecule has 4 rings (SSSR count). The first-order valence-corrected chi connectivity index (χ1v) is 12.6. The van der Waals surface area contributed by atoms with Crippen LogP contribution in [0.2, 0.25) is 0 Å². The van der Waals surface area contributed by atoms with Crippen LogP contribution in [0.3, 0.4) is 0 Å². The molecule has 0 saturated carbocycles. The maximum Gasteiger partial charge on any atom is 0.256 e. The van der Waals surface area contributed by atoms with Gasteiger partial charge in [-0.05, 0) is 55.5 Å². The summed E-state index contributed by atoms with van der Waals surface area (Å²) in [6.07, 6.45) is -0.290. The van der Waals surface area contributed by atoms with Crippen molar-refractivity contribution in [1.82, 2.24) is 10.2 Å². The Hall–Kier alpha value is -3.88. The van der Waals surface area contributed by atoms with E-state index in [0.717, 1.165) is 5.56 Å². The van der Waals surface area contributed by atoms with Crippen LogP contribution in [0.25, 0.3) is 0 Å². The minimum absolute atomic E-state index is 0.104. The molecule has 0 spiro atoms. The summed E-state index contributed by atoms with van der Waals surface area (Å²) in [4.78, 5) is 29.0. The average Bonchev–Trinajstić information content (AvgIpc) is 3.25. The number of aryl methyl sites for hydroxylation is 2. The Morgan fingerprint density at radius 2 is 1.86 bits per heavy atom. The zero-order valence-corrected chi connectivity index (χ0v) is 20.9. The van der Waals surface area contributed by atoms with Crippen molar-refractivity contribution in [2.45, 2.75) is 30.8 Å². The topological polar surface area (TPSA) is 166 Å². The number of sulfonamides is 1. The van der Waals surface area contributed by atoms with Gasteiger partial charge in [-0.1, -0.05) is 22.4 Å². The molecule has 188 valence electrons. The third-order valence-electron chi connectivity index (χ3n) is 5.65. The Bertz CT molecular complexity index is 1420. The Balaban J connectivity index is 1.59. The molecule has 1 aliphatic rings. The number of hydrogen-bond acceptors (Lipinski definition) is 8. The SMILES string of the molecule is Cc1ccc(N2C(=O)C(CC(=O)Nc3ccc(S(N)(=O)=O)cc3)N(Cc3c([O-])on[n+]3C)C2=S)cc1. The van der Waals surface area contributed by atoms with Gasteiger partial charge in [-0.2, -0.15) is 0 Å². The van der Waals surface area contributed by atoms with Gasteiger partial charge in [0.25, 0.3) is 11.6 Å². The van der Waals surface area contributed by atoms with Crippen LogP contribution >= 0.6 is 12.2 Å². The molecular formula is C22H22N6O6S2. The summed E-state index contributed by atoms with van der Waals surface area (Å²) >= 11 is 5.59. The quantitative estimate of drug-likeness (QED) is 0.317. The third kappa shape index (κ3) is 5.05. The number of nitrogens with zero attached hydrogens (tertiary/aromatic N) is 4. The molecule has 1 aromatic heterocycles. The number of rotatable bonds is 7. The number of carbonyl (C=O) groups is 2. The van der Waals surface area contributed by atoms with Crippen molar-refractivity contribution in [3.63, 3.8) is 0 Å². The molecule has 14 heteroatoms. The van der Waals surface area contributed by atoms with Crippen LogP contribution in [0.4, 0.5) is 11.4 Å². The molecule has 2 heterocycles. The zero-order valence-electron chi connectivity index (χ0n) is 19.2. The third-order valence-corrected chi connectivity index (χ3v) is 7.00. The monoisotopic (exact) mass is 530 g/mol. The number of nitrogens with two attached hydrogens (primary N) is 1. The highest BCUT2D eigenvalue weighted by molar-refractivity contribution is 7.89. The molecular weight excluding hydrogens is 508 g/mol. The van der Waals surface area contributed by atoms with Crippen LogP contribution in [-0.2, 0) is 33.2 Å². The van der Waals surface area contributed by atoms with Gasteiger partial charge >= 0.3 is 0 Å². The molecule has 1 fully saturated rings. The van der Waals surface area contributed by atoms with E-state index in [1.54, 1.807) is 12.1 Å². The van der Waals surface area contributed by atoms with E-state index in [9.17, 15) is 23.1 Å².